The zero-order valence-corrected chi connectivity index (χ0v) is 7.68. The third-order valence-electron chi connectivity index (χ3n) is 1.68. The molecule has 0 aliphatic heterocycles. The number of benzene rings is 1. The van der Waals surface area contributed by atoms with Crippen LogP contribution in [-0.2, 0) is 0 Å². The summed E-state index contributed by atoms with van der Waals surface area (Å²) < 4.78 is 9.55. The van der Waals surface area contributed by atoms with E-state index >= 15 is 0 Å². The Labute approximate surface area is 79.8 Å². The van der Waals surface area contributed by atoms with Crippen LogP contribution >= 0.6 is 0 Å². The first-order valence-electron chi connectivity index (χ1n) is 3.69. The zero-order chi connectivity index (χ0) is 10.7. The molecule has 1 rings (SSSR count). The molecule has 6 heteroatoms. The number of nitro benzene ring substituents is 1. The lowest BCUT2D eigenvalue weighted by molar-refractivity contribution is -0.386. The van der Waals surface area contributed by atoms with E-state index in [2.05, 4.69) is 0 Å². The monoisotopic (exact) mass is 199 g/mol. The predicted molar refractivity (Wildman–Crippen MR) is 47.9 cm³/mol. The molecule has 0 radical (unpaired) electrons. The minimum atomic E-state index is -0.708. The molecule has 0 atom stereocenters. The van der Waals surface area contributed by atoms with Gasteiger partial charge in [-0.05, 0) is 0 Å². The summed E-state index contributed by atoms with van der Waals surface area (Å²) in [4.78, 5) is 9.78. The molecule has 0 spiro atoms. The van der Waals surface area contributed by atoms with Crippen LogP contribution in [0.2, 0.25) is 0 Å². The summed E-state index contributed by atoms with van der Waals surface area (Å²) in [5.41, 5.74) is -0.443. The van der Waals surface area contributed by atoms with Gasteiger partial charge in [-0.15, -0.1) is 0 Å². The Kier molecular flexibility index (Phi) is 2.76. The van der Waals surface area contributed by atoms with Gasteiger partial charge in [-0.25, -0.2) is 0 Å². The second-order valence-electron chi connectivity index (χ2n) is 2.45. The number of hydrogen-bond donors (Lipinski definition) is 1. The SMILES string of the molecule is COc1cc(OC)c(O)c([N+](=O)[O-])c1. The number of aromatic hydroxyl groups is 1. The maximum Gasteiger partial charge on any atom is 0.318 e. The van der Waals surface area contributed by atoms with Crippen LogP contribution < -0.4 is 9.47 Å². The lowest BCUT2D eigenvalue weighted by atomic mass is 10.2. The number of hydrogen-bond acceptors (Lipinski definition) is 5. The number of ether oxygens (including phenoxy) is 2. The molecule has 0 aromatic heterocycles. The van der Waals surface area contributed by atoms with Crippen LogP contribution in [0, 0.1) is 10.1 Å². The summed E-state index contributed by atoms with van der Waals surface area (Å²) in [6, 6.07) is 2.49. The van der Waals surface area contributed by atoms with Gasteiger partial charge in [0.15, 0.2) is 5.75 Å². The summed E-state index contributed by atoms with van der Waals surface area (Å²) in [5, 5.41) is 19.8. The van der Waals surface area contributed by atoms with Crippen LogP contribution in [0.25, 0.3) is 0 Å². The lowest BCUT2D eigenvalue weighted by Crippen LogP contribution is -1.93. The predicted octanol–water partition coefficient (Wildman–Crippen LogP) is 1.32. The van der Waals surface area contributed by atoms with Crippen LogP contribution in [0.15, 0.2) is 12.1 Å². The van der Waals surface area contributed by atoms with Crippen molar-refractivity contribution in [3.8, 4) is 17.2 Å². The number of methoxy groups -OCH3 is 2. The molecule has 76 valence electrons. The van der Waals surface area contributed by atoms with Gasteiger partial charge < -0.3 is 14.6 Å². The maximum atomic E-state index is 10.5. The molecular weight excluding hydrogens is 190 g/mol. The molecule has 0 amide bonds. The Balaban J connectivity index is 3.34. The highest BCUT2D eigenvalue weighted by molar-refractivity contribution is 5.58. The normalized spacial score (nSPS) is 9.57. The van der Waals surface area contributed by atoms with Crippen LogP contribution in [-0.4, -0.2) is 24.2 Å². The van der Waals surface area contributed by atoms with E-state index in [1.54, 1.807) is 0 Å². The van der Waals surface area contributed by atoms with Gasteiger partial charge in [0, 0.05) is 6.07 Å². The van der Waals surface area contributed by atoms with Crippen molar-refractivity contribution >= 4 is 5.69 Å². The van der Waals surface area contributed by atoms with Gasteiger partial charge in [0.25, 0.3) is 0 Å². The summed E-state index contributed by atoms with van der Waals surface area (Å²) in [6.45, 7) is 0. The van der Waals surface area contributed by atoms with Crippen molar-refractivity contribution in [3.05, 3.63) is 22.2 Å². The fourth-order valence-corrected chi connectivity index (χ4v) is 0.981. The van der Waals surface area contributed by atoms with Crippen molar-refractivity contribution in [1.82, 2.24) is 0 Å². The van der Waals surface area contributed by atoms with Crippen molar-refractivity contribution in [2.45, 2.75) is 0 Å². The van der Waals surface area contributed by atoms with Crippen molar-refractivity contribution in [2.75, 3.05) is 14.2 Å². The van der Waals surface area contributed by atoms with Gasteiger partial charge in [-0.2, -0.15) is 0 Å². The molecule has 0 saturated carbocycles. The van der Waals surface area contributed by atoms with Crippen molar-refractivity contribution in [1.29, 1.82) is 0 Å². The molecule has 0 bridgehead atoms. The molecule has 0 unspecified atom stereocenters. The van der Waals surface area contributed by atoms with E-state index in [0.29, 0.717) is 0 Å². The third kappa shape index (κ3) is 1.68. The number of nitrogens with zero attached hydrogens (tertiary/aromatic N) is 1. The average Bonchev–Trinajstić information content (AvgIpc) is 2.17. The molecule has 1 aromatic carbocycles. The van der Waals surface area contributed by atoms with Crippen LogP contribution in [0.5, 0.6) is 17.2 Å². The molecule has 0 aliphatic rings. The van der Waals surface area contributed by atoms with Crippen molar-refractivity contribution in [3.63, 3.8) is 0 Å². The standard InChI is InChI=1S/C8H9NO5/c1-13-5-3-6(9(11)12)8(10)7(4-5)14-2/h3-4,10H,1-2H3. The highest BCUT2D eigenvalue weighted by atomic mass is 16.6. The molecule has 0 aliphatic carbocycles. The minimum Gasteiger partial charge on any atom is -0.500 e. The first-order valence-corrected chi connectivity index (χ1v) is 3.69. The van der Waals surface area contributed by atoms with Crippen molar-refractivity contribution < 1.29 is 19.5 Å². The highest BCUT2D eigenvalue weighted by Gasteiger charge is 2.19. The van der Waals surface area contributed by atoms with E-state index in [-0.39, 0.29) is 11.5 Å². The Morgan fingerprint density at radius 1 is 1.36 bits per heavy atom. The molecule has 14 heavy (non-hydrogen) atoms. The fourth-order valence-electron chi connectivity index (χ4n) is 0.981. The summed E-state index contributed by atoms with van der Waals surface area (Å²) in [6.07, 6.45) is 0. The van der Waals surface area contributed by atoms with E-state index in [9.17, 15) is 15.2 Å². The first kappa shape index (κ1) is 10.1. The van der Waals surface area contributed by atoms with E-state index in [1.807, 2.05) is 0 Å². The molecule has 1 aromatic rings. The molecule has 0 heterocycles. The Hall–Kier alpha value is -1.98. The second-order valence-corrected chi connectivity index (χ2v) is 2.45. The smallest absolute Gasteiger partial charge is 0.318 e. The molecule has 6 nitrogen and oxygen atoms in total. The summed E-state index contributed by atoms with van der Waals surface area (Å²) in [7, 11) is 2.67. The summed E-state index contributed by atoms with van der Waals surface area (Å²) in [5.74, 6) is -0.235. The third-order valence-corrected chi connectivity index (χ3v) is 1.68. The average molecular weight is 199 g/mol. The Bertz CT molecular complexity index is 363. The Morgan fingerprint density at radius 2 is 2.00 bits per heavy atom. The van der Waals surface area contributed by atoms with Gasteiger partial charge in [-0.3, -0.25) is 10.1 Å². The molecule has 0 saturated heterocycles. The Morgan fingerprint density at radius 3 is 2.43 bits per heavy atom. The van der Waals surface area contributed by atoms with Gasteiger partial charge in [0.1, 0.15) is 5.75 Å². The van der Waals surface area contributed by atoms with Crippen LogP contribution in [0.4, 0.5) is 5.69 Å². The topological polar surface area (TPSA) is 81.8 Å². The number of rotatable bonds is 3. The van der Waals surface area contributed by atoms with E-state index in [4.69, 9.17) is 9.47 Å². The number of phenols is 1. The van der Waals surface area contributed by atoms with E-state index < -0.39 is 16.4 Å². The zero-order valence-electron chi connectivity index (χ0n) is 7.68. The van der Waals surface area contributed by atoms with Crippen LogP contribution in [0.3, 0.4) is 0 Å². The molecule has 0 fully saturated rings. The van der Waals surface area contributed by atoms with Gasteiger partial charge in [0.2, 0.25) is 5.75 Å². The van der Waals surface area contributed by atoms with Crippen LogP contribution in [0.1, 0.15) is 0 Å². The van der Waals surface area contributed by atoms with E-state index in [1.165, 1.54) is 20.3 Å². The molecule has 1 N–H and O–H groups in total. The summed E-state index contributed by atoms with van der Waals surface area (Å²) >= 11 is 0. The molecular formula is C8H9NO5. The highest BCUT2D eigenvalue weighted by Crippen LogP contribution is 2.39. The minimum absolute atomic E-state index is 0.0102. The van der Waals surface area contributed by atoms with E-state index in [0.717, 1.165) is 6.07 Å². The lowest BCUT2D eigenvalue weighted by Gasteiger charge is -2.06. The fraction of sp³-hybridized carbons (Fsp3) is 0.250. The van der Waals surface area contributed by atoms with Gasteiger partial charge >= 0.3 is 5.69 Å². The second kappa shape index (κ2) is 3.82. The number of nitro groups is 1. The van der Waals surface area contributed by atoms with Crippen molar-refractivity contribution in [2.24, 2.45) is 0 Å². The first-order chi connectivity index (χ1) is 6.60. The van der Waals surface area contributed by atoms with Gasteiger partial charge in [0.05, 0.1) is 25.2 Å². The van der Waals surface area contributed by atoms with Gasteiger partial charge in [-0.1, -0.05) is 0 Å². The maximum absolute atomic E-state index is 10.5. The largest absolute Gasteiger partial charge is 0.500 e. The number of phenolic OH excluding ortho intramolecular Hbond substituents is 1. The quantitative estimate of drug-likeness (QED) is 0.586.